The number of nitrogens with two attached hydrogens (primary N) is 1. The van der Waals surface area contributed by atoms with Crippen LogP contribution in [0, 0.1) is 5.92 Å². The fourth-order valence-corrected chi connectivity index (χ4v) is 2.00. The Morgan fingerprint density at radius 1 is 1.53 bits per heavy atom. The summed E-state index contributed by atoms with van der Waals surface area (Å²) in [6, 6.07) is -0.766. The van der Waals surface area contributed by atoms with Gasteiger partial charge in [-0.25, -0.2) is 0 Å². The van der Waals surface area contributed by atoms with Crippen LogP contribution in [0.3, 0.4) is 0 Å². The van der Waals surface area contributed by atoms with Crippen LogP contribution in [0.4, 0.5) is 0 Å². The van der Waals surface area contributed by atoms with Gasteiger partial charge in [-0.1, -0.05) is 6.42 Å². The molecular formula is C8H17BN2O4. The number of carboxylic acid groups (broad SMARTS) is 1. The minimum Gasteiger partial charge on any atom is -0.480 e. The minimum atomic E-state index is -1.32. The van der Waals surface area contributed by atoms with Gasteiger partial charge in [0.2, 0.25) is 0 Å². The molecule has 15 heavy (non-hydrogen) atoms. The first kappa shape index (κ1) is 12.4. The van der Waals surface area contributed by atoms with E-state index in [-0.39, 0.29) is 18.3 Å². The number of aliphatic carboxylic acids is 1. The molecule has 0 amide bonds. The van der Waals surface area contributed by atoms with Gasteiger partial charge in [-0.05, 0) is 12.7 Å². The van der Waals surface area contributed by atoms with Gasteiger partial charge in [-0.2, -0.15) is 0 Å². The number of carboxylic acids is 1. The largest absolute Gasteiger partial charge is 0.480 e. The lowest BCUT2D eigenvalue weighted by Crippen LogP contribution is -2.37. The molecule has 0 radical (unpaired) electrons. The third kappa shape index (κ3) is 3.46. The SMILES string of the molecule is N[C@H]1CN[C@H](C(=O)O)[C@@H]1CCCB(O)O. The highest BCUT2D eigenvalue weighted by molar-refractivity contribution is 6.40. The van der Waals surface area contributed by atoms with E-state index in [1.165, 1.54) is 0 Å². The van der Waals surface area contributed by atoms with Crippen molar-refractivity contribution >= 4 is 13.1 Å². The second-order valence-electron chi connectivity index (χ2n) is 3.96. The molecule has 1 aliphatic heterocycles. The van der Waals surface area contributed by atoms with E-state index >= 15 is 0 Å². The van der Waals surface area contributed by atoms with E-state index in [2.05, 4.69) is 5.32 Å². The van der Waals surface area contributed by atoms with Crippen LogP contribution >= 0.6 is 0 Å². The van der Waals surface area contributed by atoms with Crippen LogP contribution in [0.15, 0.2) is 0 Å². The summed E-state index contributed by atoms with van der Waals surface area (Å²) in [5, 5.41) is 29.1. The van der Waals surface area contributed by atoms with Crippen LogP contribution in [-0.4, -0.2) is 46.9 Å². The van der Waals surface area contributed by atoms with Gasteiger partial charge >= 0.3 is 13.1 Å². The monoisotopic (exact) mass is 216 g/mol. The lowest BCUT2D eigenvalue weighted by Gasteiger charge is -2.18. The highest BCUT2D eigenvalue weighted by atomic mass is 16.4. The molecule has 0 saturated carbocycles. The summed E-state index contributed by atoms with van der Waals surface area (Å²) in [5.74, 6) is -1.02. The fourth-order valence-electron chi connectivity index (χ4n) is 2.00. The molecule has 86 valence electrons. The molecule has 7 heteroatoms. The van der Waals surface area contributed by atoms with Gasteiger partial charge in [0.25, 0.3) is 0 Å². The Morgan fingerprint density at radius 3 is 2.73 bits per heavy atom. The molecule has 6 nitrogen and oxygen atoms in total. The quantitative estimate of drug-likeness (QED) is 0.347. The summed E-state index contributed by atoms with van der Waals surface area (Å²) in [6.45, 7) is 0.503. The van der Waals surface area contributed by atoms with Crippen molar-refractivity contribution in [2.24, 2.45) is 11.7 Å². The molecule has 0 aliphatic carbocycles. The topological polar surface area (TPSA) is 116 Å². The van der Waals surface area contributed by atoms with Crippen molar-refractivity contribution in [3.8, 4) is 0 Å². The Kier molecular flexibility index (Phi) is 4.53. The fraction of sp³-hybridized carbons (Fsp3) is 0.875. The Morgan fingerprint density at radius 2 is 2.20 bits per heavy atom. The van der Waals surface area contributed by atoms with E-state index in [4.69, 9.17) is 20.9 Å². The first-order valence-electron chi connectivity index (χ1n) is 5.10. The maximum atomic E-state index is 10.8. The molecule has 3 atom stereocenters. The summed E-state index contributed by atoms with van der Waals surface area (Å²) in [4.78, 5) is 10.8. The van der Waals surface area contributed by atoms with E-state index in [0.717, 1.165) is 0 Å². The average molecular weight is 216 g/mol. The molecule has 1 rings (SSSR count). The Labute approximate surface area is 88.6 Å². The van der Waals surface area contributed by atoms with Crippen LogP contribution in [0.25, 0.3) is 0 Å². The van der Waals surface area contributed by atoms with Gasteiger partial charge in [0.05, 0.1) is 0 Å². The van der Waals surface area contributed by atoms with Crippen molar-refractivity contribution in [3.63, 3.8) is 0 Å². The van der Waals surface area contributed by atoms with Crippen molar-refractivity contribution in [2.75, 3.05) is 6.54 Å². The molecule has 0 aromatic heterocycles. The van der Waals surface area contributed by atoms with E-state index < -0.39 is 19.1 Å². The molecule has 0 bridgehead atoms. The van der Waals surface area contributed by atoms with Gasteiger partial charge in [0.15, 0.2) is 0 Å². The van der Waals surface area contributed by atoms with Crippen LogP contribution in [0.2, 0.25) is 6.32 Å². The zero-order chi connectivity index (χ0) is 11.4. The minimum absolute atomic E-state index is 0.124. The smallest absolute Gasteiger partial charge is 0.451 e. The van der Waals surface area contributed by atoms with E-state index in [0.29, 0.717) is 19.4 Å². The molecule has 0 unspecified atom stereocenters. The summed E-state index contributed by atoms with van der Waals surface area (Å²) < 4.78 is 0. The number of carbonyl (C=O) groups is 1. The van der Waals surface area contributed by atoms with Gasteiger partial charge < -0.3 is 26.2 Å². The first-order valence-corrected chi connectivity index (χ1v) is 5.10. The molecule has 0 spiro atoms. The van der Waals surface area contributed by atoms with Gasteiger partial charge in [0.1, 0.15) is 6.04 Å². The van der Waals surface area contributed by atoms with E-state index in [1.807, 2.05) is 0 Å². The Balaban J connectivity index is 2.39. The Hall–Kier alpha value is -0.625. The standard InChI is InChI=1S/C8H17BN2O4/c10-6-4-11-7(8(12)13)5(6)2-1-3-9(14)15/h5-7,11,14-15H,1-4,10H2,(H,12,13)/t5-,6+,7+/m1/s1. The molecule has 6 N–H and O–H groups in total. The molecule has 1 fully saturated rings. The van der Waals surface area contributed by atoms with Gasteiger partial charge in [0, 0.05) is 18.5 Å². The molecule has 1 saturated heterocycles. The molecular weight excluding hydrogens is 199 g/mol. The molecule has 1 aliphatic rings. The number of nitrogens with one attached hydrogen (secondary N) is 1. The zero-order valence-corrected chi connectivity index (χ0v) is 8.47. The normalized spacial score (nSPS) is 30.5. The number of rotatable bonds is 5. The lowest BCUT2D eigenvalue weighted by atomic mass is 9.80. The second kappa shape index (κ2) is 5.46. The Bertz CT molecular complexity index is 227. The van der Waals surface area contributed by atoms with Crippen molar-refractivity contribution in [1.29, 1.82) is 0 Å². The lowest BCUT2D eigenvalue weighted by molar-refractivity contribution is -0.140. The average Bonchev–Trinajstić information content (AvgIpc) is 2.47. The van der Waals surface area contributed by atoms with E-state index in [9.17, 15) is 4.79 Å². The number of hydrogen-bond acceptors (Lipinski definition) is 5. The third-order valence-corrected chi connectivity index (χ3v) is 2.82. The van der Waals surface area contributed by atoms with Crippen molar-refractivity contribution in [1.82, 2.24) is 5.32 Å². The van der Waals surface area contributed by atoms with E-state index in [1.54, 1.807) is 0 Å². The zero-order valence-electron chi connectivity index (χ0n) is 8.47. The number of hydrogen-bond donors (Lipinski definition) is 5. The predicted molar refractivity (Wildman–Crippen MR) is 55.1 cm³/mol. The van der Waals surface area contributed by atoms with Crippen LogP contribution in [-0.2, 0) is 4.79 Å². The van der Waals surface area contributed by atoms with Crippen molar-refractivity contribution in [2.45, 2.75) is 31.2 Å². The van der Waals surface area contributed by atoms with Gasteiger partial charge in [-0.3, -0.25) is 4.79 Å². The highest BCUT2D eigenvalue weighted by Gasteiger charge is 2.37. The molecule has 0 aromatic carbocycles. The van der Waals surface area contributed by atoms with Crippen LogP contribution in [0.5, 0.6) is 0 Å². The first-order chi connectivity index (χ1) is 7.02. The molecule has 1 heterocycles. The third-order valence-electron chi connectivity index (χ3n) is 2.82. The van der Waals surface area contributed by atoms with Crippen molar-refractivity contribution in [3.05, 3.63) is 0 Å². The second-order valence-corrected chi connectivity index (χ2v) is 3.96. The molecule has 0 aromatic rings. The predicted octanol–water partition coefficient (Wildman–Crippen LogP) is -1.76. The summed E-state index contributed by atoms with van der Waals surface area (Å²) in [5.41, 5.74) is 5.77. The summed E-state index contributed by atoms with van der Waals surface area (Å²) >= 11 is 0. The highest BCUT2D eigenvalue weighted by Crippen LogP contribution is 2.21. The van der Waals surface area contributed by atoms with Gasteiger partial charge in [-0.15, -0.1) is 0 Å². The van der Waals surface area contributed by atoms with Crippen LogP contribution < -0.4 is 11.1 Å². The maximum absolute atomic E-state index is 10.8. The van der Waals surface area contributed by atoms with Crippen LogP contribution in [0.1, 0.15) is 12.8 Å². The maximum Gasteiger partial charge on any atom is 0.451 e. The van der Waals surface area contributed by atoms with Crippen molar-refractivity contribution < 1.29 is 19.9 Å². The summed E-state index contributed by atoms with van der Waals surface area (Å²) in [6.07, 6.45) is 1.43. The summed E-state index contributed by atoms with van der Waals surface area (Å²) in [7, 11) is -1.32.